The van der Waals surface area contributed by atoms with Gasteiger partial charge < -0.3 is 14.2 Å². The van der Waals surface area contributed by atoms with Crippen LogP contribution in [0.25, 0.3) is 0 Å². The van der Waals surface area contributed by atoms with Gasteiger partial charge in [-0.3, -0.25) is 0 Å². The summed E-state index contributed by atoms with van der Waals surface area (Å²) in [6.45, 7) is 2.82. The first-order valence-corrected chi connectivity index (χ1v) is 6.62. The predicted molar refractivity (Wildman–Crippen MR) is 77.7 cm³/mol. The maximum Gasteiger partial charge on any atom is 0.330 e. The highest BCUT2D eigenvalue weighted by Crippen LogP contribution is 2.12. The van der Waals surface area contributed by atoms with Gasteiger partial charge in [0.25, 0.3) is 0 Å². The van der Waals surface area contributed by atoms with Crippen molar-refractivity contribution in [3.05, 3.63) is 41.9 Å². The van der Waals surface area contributed by atoms with E-state index in [1.807, 2.05) is 24.3 Å². The number of carbonyl (C=O) groups is 1. The van der Waals surface area contributed by atoms with Gasteiger partial charge in [-0.2, -0.15) is 0 Å². The molecule has 0 unspecified atom stereocenters. The Labute approximate surface area is 123 Å². The zero-order valence-electron chi connectivity index (χ0n) is 14.0. The molecular formula is C16H22O4. The number of allylic oxidation sites excluding steroid dienone is 1. The number of benzene rings is 1. The average Bonchev–Trinajstić information content (AvgIpc) is 2.54. The highest BCUT2D eigenvalue weighted by molar-refractivity contribution is 5.81. The van der Waals surface area contributed by atoms with Gasteiger partial charge in [-0.05, 0) is 37.5 Å². The second-order valence-electron chi connectivity index (χ2n) is 4.03. The van der Waals surface area contributed by atoms with Crippen LogP contribution in [0.5, 0.6) is 5.75 Å². The van der Waals surface area contributed by atoms with Crippen molar-refractivity contribution in [3.63, 3.8) is 0 Å². The largest absolute Gasteiger partial charge is 0.497 e. The van der Waals surface area contributed by atoms with Crippen LogP contribution in [-0.4, -0.2) is 26.3 Å². The first kappa shape index (κ1) is 13.2. The molecule has 1 rings (SSSR count). The molecule has 0 aliphatic carbocycles. The molecule has 0 radical (unpaired) electrons. The van der Waals surface area contributed by atoms with Crippen molar-refractivity contribution in [2.75, 3.05) is 20.3 Å². The molecule has 0 heterocycles. The molecular weight excluding hydrogens is 256 g/mol. The van der Waals surface area contributed by atoms with Gasteiger partial charge in [-0.1, -0.05) is 18.2 Å². The summed E-state index contributed by atoms with van der Waals surface area (Å²) in [6, 6.07) is 7.20. The number of carbonyl (C=O) groups excluding carboxylic acids is 1. The Kier molecular flexibility index (Phi) is 6.62. The molecule has 20 heavy (non-hydrogen) atoms. The molecule has 4 heteroatoms. The van der Waals surface area contributed by atoms with Crippen molar-refractivity contribution in [2.24, 2.45) is 0 Å². The molecule has 0 aromatic heterocycles. The normalized spacial score (nSPS) is 13.1. The fraction of sp³-hybridized carbons (Fsp3) is 0.438. The number of ether oxygens (including phenoxy) is 3. The maximum absolute atomic E-state index is 11.3. The second kappa shape index (κ2) is 10.0. The summed E-state index contributed by atoms with van der Waals surface area (Å²) < 4.78 is 30.4. The molecule has 4 nitrogen and oxygen atoms in total. The third-order valence-corrected chi connectivity index (χ3v) is 2.48. The van der Waals surface area contributed by atoms with Crippen molar-refractivity contribution >= 4 is 5.97 Å². The monoisotopic (exact) mass is 280 g/mol. The van der Waals surface area contributed by atoms with E-state index >= 15 is 0 Å². The van der Waals surface area contributed by atoms with Crippen LogP contribution in [0.15, 0.2) is 36.4 Å². The molecule has 110 valence electrons. The molecule has 1 aromatic carbocycles. The zero-order valence-corrected chi connectivity index (χ0v) is 12.0. The van der Waals surface area contributed by atoms with Crippen molar-refractivity contribution < 1.29 is 21.7 Å². The Morgan fingerprint density at radius 1 is 1.35 bits per heavy atom. The van der Waals surface area contributed by atoms with Gasteiger partial charge in [0.2, 0.25) is 0 Å². The fourth-order valence-electron chi connectivity index (χ4n) is 1.48. The van der Waals surface area contributed by atoms with E-state index in [0.29, 0.717) is 26.1 Å². The van der Waals surface area contributed by atoms with E-state index < -0.39 is 5.97 Å². The van der Waals surface area contributed by atoms with Crippen LogP contribution < -0.4 is 4.74 Å². The summed E-state index contributed by atoms with van der Waals surface area (Å²) in [5, 5.41) is 0. The van der Waals surface area contributed by atoms with E-state index in [4.69, 9.17) is 12.2 Å². The summed E-state index contributed by atoms with van der Waals surface area (Å²) in [7, 11) is 1.62. The predicted octanol–water partition coefficient (Wildman–Crippen LogP) is 3.11. The van der Waals surface area contributed by atoms with Gasteiger partial charge in [-0.25, -0.2) is 4.79 Å². The molecule has 0 spiro atoms. The standard InChI is InChI=1S/C16H22O4/c1-3-20-16(17)7-5-4-6-12-19-13-14-8-10-15(18-2)11-9-14/h5,7-11H,3-4,6,12-13H2,1-2H3/b7-5-/i5D,7D. The lowest BCUT2D eigenvalue weighted by Gasteiger charge is -2.04. The lowest BCUT2D eigenvalue weighted by Crippen LogP contribution is -1.99. The van der Waals surface area contributed by atoms with Crippen LogP contribution in [0.4, 0.5) is 0 Å². The quantitative estimate of drug-likeness (QED) is 0.396. The summed E-state index contributed by atoms with van der Waals surface area (Å²) in [4.78, 5) is 11.3. The zero-order chi connectivity index (χ0) is 16.4. The number of methoxy groups -OCH3 is 1. The van der Waals surface area contributed by atoms with E-state index in [1.165, 1.54) is 0 Å². The highest BCUT2D eigenvalue weighted by Gasteiger charge is 1.95. The first-order valence-electron chi connectivity index (χ1n) is 7.62. The van der Waals surface area contributed by atoms with Crippen LogP contribution in [0.3, 0.4) is 0 Å². The molecule has 0 N–H and O–H groups in total. The molecule has 0 atom stereocenters. The number of rotatable bonds is 9. The van der Waals surface area contributed by atoms with Gasteiger partial charge in [0.1, 0.15) is 5.75 Å². The highest BCUT2D eigenvalue weighted by atomic mass is 16.5. The van der Waals surface area contributed by atoms with E-state index in [-0.39, 0.29) is 18.7 Å². The topological polar surface area (TPSA) is 44.8 Å². The number of esters is 1. The lowest BCUT2D eigenvalue weighted by molar-refractivity contribution is -0.137. The van der Waals surface area contributed by atoms with Crippen molar-refractivity contribution in [1.29, 1.82) is 0 Å². The van der Waals surface area contributed by atoms with Crippen LogP contribution >= 0.6 is 0 Å². The van der Waals surface area contributed by atoms with Gasteiger partial charge in [0, 0.05) is 12.7 Å². The van der Waals surface area contributed by atoms with Crippen molar-refractivity contribution in [1.82, 2.24) is 0 Å². The van der Waals surface area contributed by atoms with Gasteiger partial charge in [-0.15, -0.1) is 0 Å². The fourth-order valence-corrected chi connectivity index (χ4v) is 1.48. The van der Waals surface area contributed by atoms with Gasteiger partial charge in [0.05, 0.1) is 23.1 Å². The van der Waals surface area contributed by atoms with Gasteiger partial charge in [0.15, 0.2) is 0 Å². The third-order valence-electron chi connectivity index (χ3n) is 2.48. The Balaban J connectivity index is 2.27. The molecule has 0 bridgehead atoms. The number of hydrogen-bond acceptors (Lipinski definition) is 4. The summed E-state index contributed by atoms with van der Waals surface area (Å²) in [6.07, 6.45) is 0.900. The first-order chi connectivity index (χ1) is 10.6. The Morgan fingerprint density at radius 2 is 2.10 bits per heavy atom. The Hall–Kier alpha value is -1.81. The Morgan fingerprint density at radius 3 is 2.75 bits per heavy atom. The lowest BCUT2D eigenvalue weighted by atomic mass is 10.2. The van der Waals surface area contributed by atoms with E-state index in [2.05, 4.69) is 4.74 Å². The van der Waals surface area contributed by atoms with E-state index in [1.54, 1.807) is 14.0 Å². The molecule has 0 aliphatic rings. The summed E-state index contributed by atoms with van der Waals surface area (Å²) in [5.41, 5.74) is 1.04. The van der Waals surface area contributed by atoms with Crippen LogP contribution in [0.2, 0.25) is 0 Å². The SMILES string of the molecule is [2H]/C(CCCOCc1ccc(OC)cc1)=C(\[2H])C(=O)OCC. The van der Waals surface area contributed by atoms with Crippen molar-refractivity contribution in [3.8, 4) is 5.75 Å². The second-order valence-corrected chi connectivity index (χ2v) is 4.03. The van der Waals surface area contributed by atoms with E-state index in [9.17, 15) is 4.79 Å². The molecule has 0 saturated carbocycles. The summed E-state index contributed by atoms with van der Waals surface area (Å²) in [5.74, 6) is 0.0568. The third kappa shape index (κ3) is 6.95. The molecule has 0 saturated heterocycles. The average molecular weight is 280 g/mol. The molecule has 0 aliphatic heterocycles. The minimum Gasteiger partial charge on any atom is -0.497 e. The minimum absolute atomic E-state index is 0.0218. The maximum atomic E-state index is 11.3. The minimum atomic E-state index is -0.744. The van der Waals surface area contributed by atoms with Gasteiger partial charge >= 0.3 is 5.97 Å². The summed E-state index contributed by atoms with van der Waals surface area (Å²) >= 11 is 0. The molecule has 1 aromatic rings. The Bertz CT molecular complexity index is 497. The van der Waals surface area contributed by atoms with Crippen LogP contribution in [0, 0.1) is 0 Å². The molecule has 0 amide bonds. The van der Waals surface area contributed by atoms with Crippen molar-refractivity contribution in [2.45, 2.75) is 26.4 Å². The van der Waals surface area contributed by atoms with Crippen LogP contribution in [0.1, 0.15) is 28.1 Å². The molecule has 0 fully saturated rings. The number of hydrogen-bond donors (Lipinski definition) is 0. The smallest absolute Gasteiger partial charge is 0.330 e. The van der Waals surface area contributed by atoms with E-state index in [0.717, 1.165) is 11.3 Å². The van der Waals surface area contributed by atoms with Crippen LogP contribution in [-0.2, 0) is 20.9 Å².